The average Bonchev–Trinajstić information content (AvgIpc) is 3.18. The first-order valence-corrected chi connectivity index (χ1v) is 9.14. The molecule has 138 valence electrons. The SMILES string of the molecule is N#C/C(=C\C1CCC2NC(=O)OC2C1)C(=O)C1CCC2NC(=O)OC2C1. The highest BCUT2D eigenvalue weighted by Crippen LogP contribution is 2.34. The molecule has 2 aliphatic carbocycles. The quantitative estimate of drug-likeness (QED) is 0.583. The van der Waals surface area contributed by atoms with Gasteiger partial charge >= 0.3 is 12.2 Å². The summed E-state index contributed by atoms with van der Waals surface area (Å²) in [4.78, 5) is 35.5. The standard InChI is InChI=1S/C18H21N3O5/c19-8-11(5-9-1-3-12-14(6-9)25-17(23)20-12)16(22)10-2-4-13-15(7-10)26-18(24)21-13/h5,9-10,12-15H,1-4,6-7H2,(H,20,23)(H,21,24)/b11-5+. The van der Waals surface area contributed by atoms with E-state index >= 15 is 0 Å². The summed E-state index contributed by atoms with van der Waals surface area (Å²) < 4.78 is 10.4. The molecule has 2 saturated carbocycles. The van der Waals surface area contributed by atoms with Gasteiger partial charge in [-0.3, -0.25) is 4.79 Å². The number of carbonyl (C=O) groups excluding carboxylic acids is 3. The van der Waals surface area contributed by atoms with Gasteiger partial charge in [-0.05, 0) is 44.4 Å². The monoisotopic (exact) mass is 359 g/mol. The van der Waals surface area contributed by atoms with Crippen LogP contribution in [0.3, 0.4) is 0 Å². The Labute approximate surface area is 150 Å². The molecule has 6 unspecified atom stereocenters. The maximum atomic E-state index is 12.8. The Morgan fingerprint density at radius 1 is 1.00 bits per heavy atom. The minimum Gasteiger partial charge on any atom is -0.444 e. The number of hydrogen-bond acceptors (Lipinski definition) is 6. The fourth-order valence-electron chi connectivity index (χ4n) is 4.55. The highest BCUT2D eigenvalue weighted by Gasteiger charge is 2.42. The summed E-state index contributed by atoms with van der Waals surface area (Å²) in [7, 11) is 0. The number of nitrogens with zero attached hydrogens (tertiary/aromatic N) is 1. The Hall–Kier alpha value is -2.56. The van der Waals surface area contributed by atoms with Gasteiger partial charge in [-0.25, -0.2) is 9.59 Å². The van der Waals surface area contributed by atoms with Gasteiger partial charge in [-0.2, -0.15) is 5.26 Å². The first-order valence-electron chi connectivity index (χ1n) is 9.14. The third-order valence-corrected chi connectivity index (χ3v) is 5.91. The molecule has 26 heavy (non-hydrogen) atoms. The highest BCUT2D eigenvalue weighted by molar-refractivity contribution is 6.00. The van der Waals surface area contributed by atoms with Crippen molar-refractivity contribution in [1.29, 1.82) is 5.26 Å². The molecule has 8 heteroatoms. The number of hydrogen-bond donors (Lipinski definition) is 2. The van der Waals surface area contributed by atoms with Crippen molar-refractivity contribution in [2.45, 2.75) is 62.8 Å². The molecule has 0 radical (unpaired) electrons. The van der Waals surface area contributed by atoms with Crippen LogP contribution in [0, 0.1) is 23.2 Å². The van der Waals surface area contributed by atoms with Gasteiger partial charge < -0.3 is 20.1 Å². The minimum atomic E-state index is -0.430. The van der Waals surface area contributed by atoms with E-state index in [4.69, 9.17) is 9.47 Å². The van der Waals surface area contributed by atoms with E-state index in [-0.39, 0.29) is 47.5 Å². The largest absolute Gasteiger partial charge is 0.444 e. The lowest BCUT2D eigenvalue weighted by Crippen LogP contribution is -2.39. The Balaban J connectivity index is 1.41. The van der Waals surface area contributed by atoms with Crippen LogP contribution in [-0.4, -0.2) is 42.3 Å². The molecule has 2 heterocycles. The van der Waals surface area contributed by atoms with Crippen LogP contribution in [0.4, 0.5) is 9.59 Å². The lowest BCUT2D eigenvalue weighted by molar-refractivity contribution is -0.120. The third kappa shape index (κ3) is 3.14. The number of ketones is 1. The van der Waals surface area contributed by atoms with Crippen LogP contribution in [0.25, 0.3) is 0 Å². The second-order valence-corrected chi connectivity index (χ2v) is 7.53. The van der Waals surface area contributed by atoms with E-state index in [1.165, 1.54) is 0 Å². The molecule has 4 fully saturated rings. The molecule has 8 nitrogen and oxygen atoms in total. The fraction of sp³-hybridized carbons (Fsp3) is 0.667. The molecular weight excluding hydrogens is 338 g/mol. The number of rotatable bonds is 3. The van der Waals surface area contributed by atoms with Crippen LogP contribution in [0.15, 0.2) is 11.6 Å². The van der Waals surface area contributed by atoms with Gasteiger partial charge in [0.05, 0.1) is 17.7 Å². The Bertz CT molecular complexity index is 712. The average molecular weight is 359 g/mol. The number of alkyl carbamates (subject to hydrolysis) is 2. The van der Waals surface area contributed by atoms with E-state index in [0.29, 0.717) is 25.7 Å². The van der Waals surface area contributed by atoms with Gasteiger partial charge in [-0.1, -0.05) is 6.08 Å². The predicted molar refractivity (Wildman–Crippen MR) is 87.8 cm³/mol. The summed E-state index contributed by atoms with van der Waals surface area (Å²) >= 11 is 0. The number of nitriles is 1. The number of ether oxygens (including phenoxy) is 2. The van der Waals surface area contributed by atoms with Crippen LogP contribution in [0.2, 0.25) is 0 Å². The van der Waals surface area contributed by atoms with E-state index in [0.717, 1.165) is 12.8 Å². The van der Waals surface area contributed by atoms with Crippen LogP contribution < -0.4 is 10.6 Å². The summed E-state index contributed by atoms with van der Waals surface area (Å²) in [6.45, 7) is 0. The van der Waals surface area contributed by atoms with Gasteiger partial charge in [0, 0.05) is 5.92 Å². The van der Waals surface area contributed by atoms with Crippen LogP contribution >= 0.6 is 0 Å². The Kier molecular flexibility index (Phi) is 4.31. The Morgan fingerprint density at radius 2 is 1.62 bits per heavy atom. The molecule has 2 N–H and O–H groups in total. The summed E-state index contributed by atoms with van der Waals surface area (Å²) in [5.74, 6) is -0.417. The van der Waals surface area contributed by atoms with Crippen molar-refractivity contribution in [3.63, 3.8) is 0 Å². The van der Waals surface area contributed by atoms with Gasteiger partial charge in [0.1, 0.15) is 18.3 Å². The molecule has 2 amide bonds. The number of carbonyl (C=O) groups is 3. The molecule has 0 bridgehead atoms. The first kappa shape index (κ1) is 16.9. The van der Waals surface area contributed by atoms with Gasteiger partial charge in [0.2, 0.25) is 0 Å². The molecule has 0 aromatic heterocycles. The van der Waals surface area contributed by atoms with Gasteiger partial charge in [0.15, 0.2) is 5.78 Å². The summed E-state index contributed by atoms with van der Waals surface area (Å²) in [6, 6.07) is 2.06. The number of nitrogens with one attached hydrogen (secondary N) is 2. The van der Waals surface area contributed by atoms with Gasteiger partial charge in [0.25, 0.3) is 0 Å². The van der Waals surface area contributed by atoms with Crippen molar-refractivity contribution in [1.82, 2.24) is 10.6 Å². The van der Waals surface area contributed by atoms with Crippen molar-refractivity contribution in [3.8, 4) is 6.07 Å². The maximum Gasteiger partial charge on any atom is 0.407 e. The molecule has 6 atom stereocenters. The number of amides is 2. The molecule has 0 aromatic carbocycles. The van der Waals surface area contributed by atoms with Crippen molar-refractivity contribution in [3.05, 3.63) is 11.6 Å². The Morgan fingerprint density at radius 3 is 2.27 bits per heavy atom. The number of fused-ring (bicyclic) bond motifs is 2. The van der Waals surface area contributed by atoms with Gasteiger partial charge in [-0.15, -0.1) is 0 Å². The van der Waals surface area contributed by atoms with E-state index in [9.17, 15) is 19.6 Å². The van der Waals surface area contributed by atoms with Crippen LogP contribution in [0.5, 0.6) is 0 Å². The van der Waals surface area contributed by atoms with E-state index in [1.54, 1.807) is 6.08 Å². The van der Waals surface area contributed by atoms with E-state index in [2.05, 4.69) is 10.6 Å². The topological polar surface area (TPSA) is 118 Å². The lowest BCUT2D eigenvalue weighted by Gasteiger charge is -2.29. The van der Waals surface area contributed by atoms with Crippen molar-refractivity contribution in [2.75, 3.05) is 0 Å². The van der Waals surface area contributed by atoms with Crippen LogP contribution in [0.1, 0.15) is 38.5 Å². The maximum absolute atomic E-state index is 12.8. The second-order valence-electron chi connectivity index (χ2n) is 7.53. The molecule has 0 spiro atoms. The van der Waals surface area contributed by atoms with E-state index in [1.807, 2.05) is 6.07 Å². The minimum absolute atomic E-state index is 0.0269. The zero-order valence-corrected chi connectivity index (χ0v) is 14.3. The molecule has 2 aliphatic heterocycles. The van der Waals surface area contributed by atoms with E-state index < -0.39 is 12.2 Å². The zero-order valence-electron chi connectivity index (χ0n) is 14.3. The smallest absolute Gasteiger partial charge is 0.407 e. The molecule has 2 saturated heterocycles. The predicted octanol–water partition coefficient (Wildman–Crippen LogP) is 1.56. The van der Waals surface area contributed by atoms with Crippen molar-refractivity contribution < 1.29 is 23.9 Å². The molecule has 0 aromatic rings. The van der Waals surface area contributed by atoms with Crippen molar-refractivity contribution >= 4 is 18.0 Å². The first-order chi connectivity index (χ1) is 12.5. The number of allylic oxidation sites excluding steroid dienone is 2. The second kappa shape index (κ2) is 6.63. The summed E-state index contributed by atoms with van der Waals surface area (Å²) in [5, 5.41) is 15.0. The number of Topliss-reactive ketones (excluding diaryl/α,β-unsaturated/α-hetero) is 1. The highest BCUT2D eigenvalue weighted by atomic mass is 16.6. The van der Waals surface area contributed by atoms with Crippen molar-refractivity contribution in [2.24, 2.45) is 11.8 Å². The summed E-state index contributed by atoms with van der Waals surface area (Å²) in [5.41, 5.74) is 0.173. The zero-order chi connectivity index (χ0) is 18.3. The lowest BCUT2D eigenvalue weighted by atomic mass is 9.78. The fourth-order valence-corrected chi connectivity index (χ4v) is 4.55. The van der Waals surface area contributed by atoms with Crippen LogP contribution in [-0.2, 0) is 14.3 Å². The normalized spacial score (nSPS) is 38.8. The molecular formula is C18H21N3O5. The molecule has 4 rings (SSSR count). The third-order valence-electron chi connectivity index (χ3n) is 5.91. The summed E-state index contributed by atoms with van der Waals surface area (Å²) in [6.07, 6.45) is 4.43. The molecule has 4 aliphatic rings.